The van der Waals surface area contributed by atoms with Crippen LogP contribution in [0.1, 0.15) is 252 Å². The minimum Gasteiger partial charge on any atom is -0.462 e. The average molecular weight is 970 g/mol. The Labute approximate surface area is 433 Å². The maximum absolute atomic E-state index is 12.8. The second-order valence-corrected chi connectivity index (χ2v) is 18.8. The molecule has 0 saturated carbocycles. The number of ether oxygens (including phenoxy) is 3. The van der Waals surface area contributed by atoms with Gasteiger partial charge in [-0.15, -0.1) is 0 Å². The maximum Gasteiger partial charge on any atom is 0.306 e. The normalized spacial score (nSPS) is 13.1. The van der Waals surface area contributed by atoms with Crippen LogP contribution < -0.4 is 0 Å². The first-order valence-electron chi connectivity index (χ1n) is 29.1. The van der Waals surface area contributed by atoms with Gasteiger partial charge in [0, 0.05) is 19.4 Å². The van der Waals surface area contributed by atoms with E-state index in [1.165, 1.54) is 96.3 Å². The van der Waals surface area contributed by atoms with Crippen LogP contribution in [0, 0.1) is 0 Å². The molecular formula is C65H108O5. The van der Waals surface area contributed by atoms with Gasteiger partial charge in [0.05, 0.1) is 6.61 Å². The van der Waals surface area contributed by atoms with Gasteiger partial charge in [-0.3, -0.25) is 9.59 Å². The summed E-state index contributed by atoms with van der Waals surface area (Å²) in [6.45, 7) is 7.50. The van der Waals surface area contributed by atoms with Crippen LogP contribution in [-0.2, 0) is 23.8 Å². The monoisotopic (exact) mass is 969 g/mol. The lowest BCUT2D eigenvalue weighted by molar-refractivity contribution is -0.163. The summed E-state index contributed by atoms with van der Waals surface area (Å²) in [5.74, 6) is -0.465. The van der Waals surface area contributed by atoms with Crippen molar-refractivity contribution in [3.63, 3.8) is 0 Å². The van der Waals surface area contributed by atoms with E-state index in [2.05, 4.69) is 142 Å². The second-order valence-electron chi connectivity index (χ2n) is 18.8. The van der Waals surface area contributed by atoms with Crippen LogP contribution in [-0.4, -0.2) is 37.9 Å². The van der Waals surface area contributed by atoms with E-state index in [4.69, 9.17) is 14.2 Å². The zero-order chi connectivity index (χ0) is 50.6. The Kier molecular flexibility index (Phi) is 56.5. The highest BCUT2D eigenvalue weighted by Gasteiger charge is 2.17. The Hall–Kier alpha value is -3.70. The Morgan fingerprint density at radius 3 is 1.07 bits per heavy atom. The molecule has 1 unspecified atom stereocenters. The molecule has 5 nitrogen and oxygen atoms in total. The topological polar surface area (TPSA) is 61.8 Å². The van der Waals surface area contributed by atoms with Crippen molar-refractivity contribution in [1.82, 2.24) is 0 Å². The summed E-state index contributed by atoms with van der Waals surface area (Å²) in [6, 6.07) is 0. The molecule has 0 aliphatic carbocycles. The van der Waals surface area contributed by atoms with Gasteiger partial charge in [0.15, 0.2) is 6.10 Å². The summed E-state index contributed by atoms with van der Waals surface area (Å²) in [7, 11) is 0. The van der Waals surface area contributed by atoms with Gasteiger partial charge in [-0.25, -0.2) is 0 Å². The van der Waals surface area contributed by atoms with Crippen molar-refractivity contribution < 1.29 is 23.8 Å². The molecule has 0 rings (SSSR count). The third-order valence-corrected chi connectivity index (χ3v) is 12.0. The van der Waals surface area contributed by atoms with Gasteiger partial charge in [-0.2, -0.15) is 0 Å². The molecule has 0 aliphatic heterocycles. The zero-order valence-corrected chi connectivity index (χ0v) is 45.7. The van der Waals surface area contributed by atoms with Gasteiger partial charge in [0.2, 0.25) is 0 Å². The van der Waals surface area contributed by atoms with E-state index in [1.54, 1.807) is 0 Å². The fourth-order valence-corrected chi connectivity index (χ4v) is 7.70. The molecule has 1 atom stereocenters. The quantitative estimate of drug-likeness (QED) is 0.0345. The van der Waals surface area contributed by atoms with Gasteiger partial charge in [0.1, 0.15) is 6.61 Å². The van der Waals surface area contributed by atoms with Crippen LogP contribution in [0.3, 0.4) is 0 Å². The minimum absolute atomic E-state index is 0.0503. The molecule has 0 aromatic carbocycles. The van der Waals surface area contributed by atoms with E-state index >= 15 is 0 Å². The van der Waals surface area contributed by atoms with Crippen LogP contribution in [0.4, 0.5) is 0 Å². The first-order chi connectivity index (χ1) is 34.6. The van der Waals surface area contributed by atoms with Gasteiger partial charge in [0.25, 0.3) is 0 Å². The first kappa shape index (κ1) is 66.3. The average Bonchev–Trinajstić information content (AvgIpc) is 3.36. The first-order valence-corrected chi connectivity index (χ1v) is 29.1. The predicted molar refractivity (Wildman–Crippen MR) is 306 cm³/mol. The molecular weight excluding hydrogens is 861 g/mol. The smallest absolute Gasteiger partial charge is 0.306 e. The number of unbranched alkanes of at least 4 members (excludes halogenated alkanes) is 21. The summed E-state index contributed by atoms with van der Waals surface area (Å²) >= 11 is 0. The standard InChI is InChI=1S/C65H108O5/c1-4-7-10-13-16-19-22-25-28-30-32-34-36-39-42-45-48-51-54-57-60-68-61-63(70-65(67)59-56-53-50-47-44-41-37-27-24-21-18-15-12-9-6-3)62-69-64(66)58-55-52-49-46-43-40-38-35-33-31-29-26-23-20-17-14-11-8-5-2/h7,9-10,12,16,18-19,21,25-29,32,34,37,39,42,44,47,63H,4-6,8,11,13-15,17,20,22-24,30-31,33,35-36,38,40-41,43,45-46,48-62H2,1-3H3/b10-7-,12-9-,19-16-,21-18-,28-25-,29-26-,34-32-,37-27-,42-39-,47-44-. The molecule has 0 amide bonds. The number of allylic oxidation sites excluding steroid dienone is 20. The molecule has 0 bridgehead atoms. The summed E-state index contributed by atoms with van der Waals surface area (Å²) in [5, 5.41) is 0. The SMILES string of the molecule is CC/C=C\C/C=C\C/C=C\C/C=C\C/C=C\CCCCCCOCC(COC(=O)CCCCCCCCCCC/C=C\CCCCCCCC)OC(=O)CCCC/C=C\C/C=C\C/C=C\C/C=C\CC. The molecule has 0 spiro atoms. The number of carbonyl (C=O) groups excluding carboxylic acids is 2. The van der Waals surface area contributed by atoms with Crippen LogP contribution in [0.5, 0.6) is 0 Å². The zero-order valence-electron chi connectivity index (χ0n) is 45.7. The molecule has 0 N–H and O–H groups in total. The molecule has 0 aromatic rings. The fourth-order valence-electron chi connectivity index (χ4n) is 7.70. The van der Waals surface area contributed by atoms with Gasteiger partial charge in [-0.1, -0.05) is 232 Å². The van der Waals surface area contributed by atoms with E-state index in [0.29, 0.717) is 19.4 Å². The predicted octanol–water partition coefficient (Wildman–Crippen LogP) is 20.1. The number of carbonyl (C=O) groups is 2. The third-order valence-electron chi connectivity index (χ3n) is 12.0. The summed E-state index contributed by atoms with van der Waals surface area (Å²) in [6.07, 6.45) is 83.7. The molecule has 5 heteroatoms. The number of esters is 2. The Morgan fingerprint density at radius 1 is 0.329 bits per heavy atom. The second kappa shape index (κ2) is 59.6. The van der Waals surface area contributed by atoms with Crippen LogP contribution in [0.2, 0.25) is 0 Å². The van der Waals surface area contributed by atoms with Crippen molar-refractivity contribution in [1.29, 1.82) is 0 Å². The van der Waals surface area contributed by atoms with Gasteiger partial charge < -0.3 is 14.2 Å². The molecule has 0 fully saturated rings. The lowest BCUT2D eigenvalue weighted by Crippen LogP contribution is -2.30. The van der Waals surface area contributed by atoms with E-state index in [9.17, 15) is 9.59 Å². The molecule has 0 radical (unpaired) electrons. The third kappa shape index (κ3) is 56.9. The summed E-state index contributed by atoms with van der Waals surface area (Å²) < 4.78 is 17.4. The van der Waals surface area contributed by atoms with Crippen molar-refractivity contribution in [2.45, 2.75) is 258 Å². The molecule has 398 valence electrons. The summed E-state index contributed by atoms with van der Waals surface area (Å²) in [4.78, 5) is 25.5. The highest BCUT2D eigenvalue weighted by molar-refractivity contribution is 5.70. The van der Waals surface area contributed by atoms with Crippen LogP contribution in [0.25, 0.3) is 0 Å². The largest absolute Gasteiger partial charge is 0.462 e. The van der Waals surface area contributed by atoms with E-state index in [1.807, 2.05) is 0 Å². The Bertz CT molecular complexity index is 1420. The van der Waals surface area contributed by atoms with E-state index in [-0.39, 0.29) is 25.2 Å². The Morgan fingerprint density at radius 2 is 0.643 bits per heavy atom. The van der Waals surface area contributed by atoms with E-state index in [0.717, 1.165) is 122 Å². The molecule has 0 heterocycles. The maximum atomic E-state index is 12.8. The van der Waals surface area contributed by atoms with Gasteiger partial charge >= 0.3 is 11.9 Å². The van der Waals surface area contributed by atoms with Crippen molar-refractivity contribution in [2.75, 3.05) is 19.8 Å². The van der Waals surface area contributed by atoms with Crippen molar-refractivity contribution in [3.8, 4) is 0 Å². The lowest BCUT2D eigenvalue weighted by Gasteiger charge is -2.18. The minimum atomic E-state index is -0.581. The van der Waals surface area contributed by atoms with Crippen molar-refractivity contribution >= 4 is 11.9 Å². The lowest BCUT2D eigenvalue weighted by atomic mass is 10.1. The van der Waals surface area contributed by atoms with Crippen molar-refractivity contribution in [3.05, 3.63) is 122 Å². The van der Waals surface area contributed by atoms with Crippen LogP contribution in [0.15, 0.2) is 122 Å². The fraction of sp³-hybridized carbons (Fsp3) is 0.662. The molecule has 70 heavy (non-hydrogen) atoms. The Balaban J connectivity index is 4.39. The summed E-state index contributed by atoms with van der Waals surface area (Å²) in [5.41, 5.74) is 0. The molecule has 0 aromatic heterocycles. The number of rotatable bonds is 52. The molecule has 0 aliphatic rings. The highest BCUT2D eigenvalue weighted by atomic mass is 16.6. The van der Waals surface area contributed by atoms with E-state index < -0.39 is 6.10 Å². The number of hydrogen-bond acceptors (Lipinski definition) is 5. The van der Waals surface area contributed by atoms with Gasteiger partial charge in [-0.05, 0) is 128 Å². The van der Waals surface area contributed by atoms with Crippen LogP contribution >= 0.6 is 0 Å². The molecule has 0 saturated heterocycles. The van der Waals surface area contributed by atoms with Crippen molar-refractivity contribution in [2.24, 2.45) is 0 Å². The highest BCUT2D eigenvalue weighted by Crippen LogP contribution is 2.14. The number of hydrogen-bond donors (Lipinski definition) is 0.